The number of piperidine rings is 1. The molecule has 3 amide bonds. The van der Waals surface area contributed by atoms with E-state index in [1.54, 1.807) is 24.4 Å². The van der Waals surface area contributed by atoms with E-state index in [2.05, 4.69) is 20.5 Å². The molecule has 1 saturated heterocycles. The maximum Gasteiger partial charge on any atom is 0.325 e. The van der Waals surface area contributed by atoms with Gasteiger partial charge in [-0.25, -0.2) is 9.78 Å². The molecule has 0 bridgehead atoms. The summed E-state index contributed by atoms with van der Waals surface area (Å²) in [6.07, 6.45) is 2.96. The first-order valence-electron chi connectivity index (χ1n) is 8.64. The van der Waals surface area contributed by atoms with Gasteiger partial charge in [0.05, 0.1) is 6.61 Å². The molecule has 1 aromatic carbocycles. The zero-order valence-corrected chi connectivity index (χ0v) is 14.4. The maximum atomic E-state index is 12.3. The Labute approximate surface area is 152 Å². The third-order valence-electron chi connectivity index (χ3n) is 4.47. The second-order valence-electron chi connectivity index (χ2n) is 6.21. The van der Waals surface area contributed by atoms with E-state index in [9.17, 15) is 14.7 Å². The third-order valence-corrected chi connectivity index (χ3v) is 4.47. The number of pyridine rings is 1. The molecule has 26 heavy (non-hydrogen) atoms. The van der Waals surface area contributed by atoms with Crippen LogP contribution in [0.4, 0.5) is 16.3 Å². The summed E-state index contributed by atoms with van der Waals surface area (Å²) >= 11 is 0. The monoisotopic (exact) mass is 354 g/mol. The van der Waals surface area contributed by atoms with Gasteiger partial charge in [0.25, 0.3) is 0 Å². The first-order chi connectivity index (χ1) is 12.7. The number of rotatable bonds is 4. The summed E-state index contributed by atoms with van der Waals surface area (Å²) < 4.78 is 0. The quantitative estimate of drug-likeness (QED) is 0.782. The molecule has 0 spiro atoms. The number of para-hydroxylation sites is 1. The van der Waals surface area contributed by atoms with Crippen LogP contribution in [-0.4, -0.2) is 35.1 Å². The number of carbonyl (C=O) groups excluding carboxylic acids is 2. The lowest BCUT2D eigenvalue weighted by Gasteiger charge is -2.33. The molecule has 0 saturated carbocycles. The van der Waals surface area contributed by atoms with Crippen molar-refractivity contribution < 1.29 is 14.7 Å². The van der Waals surface area contributed by atoms with Gasteiger partial charge >= 0.3 is 6.03 Å². The number of urea groups is 1. The van der Waals surface area contributed by atoms with E-state index in [0.717, 1.165) is 11.4 Å². The van der Waals surface area contributed by atoms with Crippen LogP contribution >= 0.6 is 0 Å². The number of anilines is 2. The Morgan fingerprint density at radius 1 is 1.12 bits per heavy atom. The molecule has 0 atom stereocenters. The second kappa shape index (κ2) is 8.44. The maximum absolute atomic E-state index is 12.3. The molecule has 1 aliphatic rings. The van der Waals surface area contributed by atoms with E-state index in [-0.39, 0.29) is 18.4 Å². The van der Waals surface area contributed by atoms with Crippen molar-refractivity contribution in [2.75, 3.05) is 23.3 Å². The largest absolute Gasteiger partial charge is 0.392 e. The molecule has 1 aliphatic heterocycles. The highest BCUT2D eigenvalue weighted by molar-refractivity contribution is 6.01. The molecule has 1 aromatic heterocycles. The highest BCUT2D eigenvalue weighted by Crippen LogP contribution is 2.24. The summed E-state index contributed by atoms with van der Waals surface area (Å²) in [7, 11) is 0. The van der Waals surface area contributed by atoms with Crippen LogP contribution in [0.1, 0.15) is 18.4 Å². The van der Waals surface area contributed by atoms with Crippen LogP contribution in [0.2, 0.25) is 0 Å². The van der Waals surface area contributed by atoms with Crippen molar-refractivity contribution in [3.05, 3.63) is 54.2 Å². The Morgan fingerprint density at radius 3 is 2.54 bits per heavy atom. The van der Waals surface area contributed by atoms with Crippen molar-refractivity contribution >= 4 is 23.4 Å². The molecule has 2 aromatic rings. The van der Waals surface area contributed by atoms with Gasteiger partial charge < -0.3 is 15.3 Å². The van der Waals surface area contributed by atoms with Crippen molar-refractivity contribution in [1.29, 1.82) is 0 Å². The van der Waals surface area contributed by atoms with Crippen LogP contribution < -0.4 is 15.5 Å². The zero-order chi connectivity index (χ0) is 18.4. The Hall–Kier alpha value is -2.93. The molecule has 0 radical (unpaired) electrons. The number of amides is 3. The smallest absolute Gasteiger partial charge is 0.325 e. The minimum absolute atomic E-state index is 0.0662. The van der Waals surface area contributed by atoms with Crippen LogP contribution in [0, 0.1) is 5.92 Å². The lowest BCUT2D eigenvalue weighted by molar-refractivity contribution is -0.124. The van der Waals surface area contributed by atoms with Gasteiger partial charge in [0.2, 0.25) is 5.91 Å². The molecule has 1 fully saturated rings. The lowest BCUT2D eigenvalue weighted by Crippen LogP contribution is -2.44. The zero-order valence-electron chi connectivity index (χ0n) is 14.4. The Bertz CT molecular complexity index is 758. The van der Waals surface area contributed by atoms with Crippen LogP contribution in [0.25, 0.3) is 0 Å². The Morgan fingerprint density at radius 2 is 1.85 bits per heavy atom. The van der Waals surface area contributed by atoms with Crippen LogP contribution in [0.3, 0.4) is 0 Å². The van der Waals surface area contributed by atoms with Gasteiger partial charge in [-0.2, -0.15) is 0 Å². The third kappa shape index (κ3) is 4.37. The minimum atomic E-state index is -0.518. The van der Waals surface area contributed by atoms with Crippen molar-refractivity contribution in [1.82, 2.24) is 10.3 Å². The summed E-state index contributed by atoms with van der Waals surface area (Å²) in [6, 6.07) is 12.1. The molecular formula is C19H22N4O3. The van der Waals surface area contributed by atoms with Crippen molar-refractivity contribution in [3.63, 3.8) is 0 Å². The Balaban J connectivity index is 1.51. The molecular weight excluding hydrogens is 332 g/mol. The first kappa shape index (κ1) is 17.9. The van der Waals surface area contributed by atoms with Crippen molar-refractivity contribution in [2.24, 2.45) is 5.92 Å². The van der Waals surface area contributed by atoms with Crippen molar-refractivity contribution in [3.8, 4) is 0 Å². The molecule has 7 heteroatoms. The molecule has 7 nitrogen and oxygen atoms in total. The molecule has 3 rings (SSSR count). The molecule has 2 heterocycles. The average Bonchev–Trinajstić information content (AvgIpc) is 2.68. The molecule has 0 unspecified atom stereocenters. The van der Waals surface area contributed by atoms with Crippen LogP contribution in [0.15, 0.2) is 48.7 Å². The fraction of sp³-hybridized carbons (Fsp3) is 0.316. The Kier molecular flexibility index (Phi) is 5.80. The van der Waals surface area contributed by atoms with E-state index in [1.807, 2.05) is 24.3 Å². The number of nitrogens with zero attached hydrogens (tertiary/aromatic N) is 2. The lowest BCUT2D eigenvalue weighted by atomic mass is 9.95. The van der Waals surface area contributed by atoms with E-state index in [4.69, 9.17) is 0 Å². The number of aliphatic hydroxyl groups is 1. The number of carbonyl (C=O) groups is 2. The number of imide groups is 1. The summed E-state index contributed by atoms with van der Waals surface area (Å²) in [5, 5.41) is 14.5. The first-order valence-corrected chi connectivity index (χ1v) is 8.64. The number of aromatic nitrogens is 1. The fourth-order valence-electron chi connectivity index (χ4n) is 3.09. The highest BCUT2D eigenvalue weighted by Gasteiger charge is 2.27. The topological polar surface area (TPSA) is 94.6 Å². The normalized spacial score (nSPS) is 14.7. The standard InChI is InChI=1S/C19H22N4O3/c24-13-15-5-4-10-20-17(15)23-11-8-14(9-12-23)18(25)22-19(26)21-16-6-2-1-3-7-16/h1-7,10,14,24H,8-9,11-13H2,(H2,21,22,25,26). The second-order valence-corrected chi connectivity index (χ2v) is 6.21. The van der Waals surface area contributed by atoms with E-state index >= 15 is 0 Å². The fourth-order valence-corrected chi connectivity index (χ4v) is 3.09. The number of hydrogen-bond donors (Lipinski definition) is 3. The molecule has 136 valence electrons. The highest BCUT2D eigenvalue weighted by atomic mass is 16.3. The van der Waals surface area contributed by atoms with E-state index in [1.165, 1.54) is 0 Å². The van der Waals surface area contributed by atoms with Crippen molar-refractivity contribution in [2.45, 2.75) is 19.4 Å². The van der Waals surface area contributed by atoms with Gasteiger partial charge in [0.15, 0.2) is 0 Å². The van der Waals surface area contributed by atoms with Gasteiger partial charge in [-0.15, -0.1) is 0 Å². The predicted molar refractivity (Wildman–Crippen MR) is 98.7 cm³/mol. The summed E-state index contributed by atoms with van der Waals surface area (Å²) in [5.74, 6) is 0.284. The number of nitrogens with one attached hydrogen (secondary N) is 2. The van der Waals surface area contributed by atoms with Gasteiger partial charge in [-0.1, -0.05) is 24.3 Å². The van der Waals surface area contributed by atoms with Crippen LogP contribution in [0.5, 0.6) is 0 Å². The van der Waals surface area contributed by atoms with Gasteiger partial charge in [0, 0.05) is 36.5 Å². The van der Waals surface area contributed by atoms with E-state index < -0.39 is 6.03 Å². The number of hydrogen-bond acceptors (Lipinski definition) is 5. The number of aliphatic hydroxyl groups excluding tert-OH is 1. The van der Waals surface area contributed by atoms with Crippen LogP contribution in [-0.2, 0) is 11.4 Å². The molecule has 3 N–H and O–H groups in total. The summed E-state index contributed by atoms with van der Waals surface area (Å²) in [6.45, 7) is 1.24. The minimum Gasteiger partial charge on any atom is -0.392 e. The van der Waals surface area contributed by atoms with Gasteiger partial charge in [-0.3, -0.25) is 10.1 Å². The average molecular weight is 354 g/mol. The SMILES string of the molecule is O=C(NC(=O)C1CCN(c2ncccc2CO)CC1)Nc1ccccc1. The molecule has 0 aliphatic carbocycles. The number of benzene rings is 1. The summed E-state index contributed by atoms with van der Waals surface area (Å²) in [4.78, 5) is 30.7. The predicted octanol–water partition coefficient (Wildman–Crippen LogP) is 2.14. The summed E-state index contributed by atoms with van der Waals surface area (Å²) in [5.41, 5.74) is 1.41. The van der Waals surface area contributed by atoms with Gasteiger partial charge in [-0.05, 0) is 31.0 Å². The van der Waals surface area contributed by atoms with E-state index in [0.29, 0.717) is 31.6 Å². The van der Waals surface area contributed by atoms with Gasteiger partial charge in [0.1, 0.15) is 5.82 Å².